The molecule has 0 aliphatic rings. The van der Waals surface area contributed by atoms with Crippen LogP contribution < -0.4 is 5.32 Å². The third kappa shape index (κ3) is 4.80. The smallest absolute Gasteiger partial charge is 0.205 e. The summed E-state index contributed by atoms with van der Waals surface area (Å²) in [7, 11) is 0. The topological polar surface area (TPSA) is 37.8 Å². The normalized spacial score (nSPS) is 10.6. The lowest BCUT2D eigenvalue weighted by Gasteiger charge is -1.99. The fourth-order valence-electron chi connectivity index (χ4n) is 1.59. The predicted octanol–water partition coefficient (Wildman–Crippen LogP) is 3.43. The third-order valence-corrected chi connectivity index (χ3v) is 4.11. The van der Waals surface area contributed by atoms with Gasteiger partial charge in [-0.15, -0.1) is 10.2 Å². The average Bonchev–Trinajstić information content (AvgIpc) is 2.85. The largest absolute Gasteiger partial charge is 0.360 e. The lowest BCUT2D eigenvalue weighted by molar-refractivity contribution is 0.627. The first kappa shape index (κ1) is 14.3. The Morgan fingerprint density at radius 3 is 2.79 bits per heavy atom. The standard InChI is InChI=1S/C13H16FN3S2/c1-18-8-2-7-15-13-17-16-12(19-13)9-10-3-5-11(14)6-4-10/h3-6H,2,7-9H2,1H3,(H,15,17). The summed E-state index contributed by atoms with van der Waals surface area (Å²) >= 11 is 3.40. The summed E-state index contributed by atoms with van der Waals surface area (Å²) < 4.78 is 12.8. The van der Waals surface area contributed by atoms with E-state index in [0.717, 1.165) is 34.4 Å². The summed E-state index contributed by atoms with van der Waals surface area (Å²) in [4.78, 5) is 0. The first-order valence-electron chi connectivity index (χ1n) is 6.07. The predicted molar refractivity (Wildman–Crippen MR) is 80.6 cm³/mol. The molecule has 102 valence electrons. The molecule has 2 rings (SSSR count). The van der Waals surface area contributed by atoms with Gasteiger partial charge in [-0.1, -0.05) is 23.5 Å². The summed E-state index contributed by atoms with van der Waals surface area (Å²) in [6, 6.07) is 6.50. The number of hydrogen-bond donors (Lipinski definition) is 1. The second kappa shape index (κ2) is 7.45. The molecule has 0 saturated heterocycles. The van der Waals surface area contributed by atoms with Crippen molar-refractivity contribution in [2.75, 3.05) is 23.9 Å². The van der Waals surface area contributed by atoms with Crippen LogP contribution in [0, 0.1) is 5.82 Å². The quantitative estimate of drug-likeness (QED) is 0.795. The Hall–Kier alpha value is -1.14. The van der Waals surface area contributed by atoms with Gasteiger partial charge in [0.2, 0.25) is 5.13 Å². The van der Waals surface area contributed by atoms with Gasteiger partial charge in [0.05, 0.1) is 0 Å². The average molecular weight is 297 g/mol. The minimum Gasteiger partial charge on any atom is -0.360 e. The van der Waals surface area contributed by atoms with E-state index in [1.807, 2.05) is 11.8 Å². The molecule has 1 aromatic carbocycles. The van der Waals surface area contributed by atoms with E-state index in [4.69, 9.17) is 0 Å². The highest BCUT2D eigenvalue weighted by atomic mass is 32.2. The van der Waals surface area contributed by atoms with Crippen molar-refractivity contribution in [2.45, 2.75) is 12.8 Å². The van der Waals surface area contributed by atoms with Gasteiger partial charge >= 0.3 is 0 Å². The van der Waals surface area contributed by atoms with Crippen molar-refractivity contribution < 1.29 is 4.39 Å². The molecule has 3 nitrogen and oxygen atoms in total. The number of halogens is 1. The maximum absolute atomic E-state index is 12.8. The second-order valence-electron chi connectivity index (χ2n) is 4.08. The van der Waals surface area contributed by atoms with Crippen LogP contribution in [0.5, 0.6) is 0 Å². The van der Waals surface area contributed by atoms with E-state index in [2.05, 4.69) is 21.8 Å². The van der Waals surface area contributed by atoms with Gasteiger partial charge in [-0.05, 0) is 36.1 Å². The molecule has 0 unspecified atom stereocenters. The summed E-state index contributed by atoms with van der Waals surface area (Å²) in [5.41, 5.74) is 1.05. The summed E-state index contributed by atoms with van der Waals surface area (Å²) in [6.07, 6.45) is 3.92. The maximum Gasteiger partial charge on any atom is 0.205 e. The third-order valence-electron chi connectivity index (χ3n) is 2.54. The molecule has 0 radical (unpaired) electrons. The monoisotopic (exact) mass is 297 g/mol. The number of nitrogens with zero attached hydrogens (tertiary/aromatic N) is 2. The fourth-order valence-corrected chi connectivity index (χ4v) is 2.82. The Morgan fingerprint density at radius 1 is 1.26 bits per heavy atom. The van der Waals surface area contributed by atoms with Gasteiger partial charge in [0.15, 0.2) is 0 Å². The van der Waals surface area contributed by atoms with Crippen LogP contribution in [0.25, 0.3) is 0 Å². The van der Waals surface area contributed by atoms with Gasteiger partial charge < -0.3 is 5.32 Å². The minimum atomic E-state index is -0.211. The summed E-state index contributed by atoms with van der Waals surface area (Å²) in [5.74, 6) is 0.936. The van der Waals surface area contributed by atoms with Crippen molar-refractivity contribution in [1.82, 2.24) is 10.2 Å². The number of rotatable bonds is 7. The molecule has 0 saturated carbocycles. The van der Waals surface area contributed by atoms with Crippen molar-refractivity contribution in [1.29, 1.82) is 0 Å². The minimum absolute atomic E-state index is 0.211. The van der Waals surface area contributed by atoms with Gasteiger partial charge in [0, 0.05) is 13.0 Å². The highest BCUT2D eigenvalue weighted by Crippen LogP contribution is 2.18. The molecular formula is C13H16FN3S2. The van der Waals surface area contributed by atoms with E-state index in [-0.39, 0.29) is 5.82 Å². The van der Waals surface area contributed by atoms with Crippen LogP contribution in [0.1, 0.15) is 17.0 Å². The molecule has 0 fully saturated rings. The number of benzene rings is 1. The molecule has 0 amide bonds. The number of nitrogens with one attached hydrogen (secondary N) is 1. The van der Waals surface area contributed by atoms with Crippen molar-refractivity contribution in [3.63, 3.8) is 0 Å². The van der Waals surface area contributed by atoms with Gasteiger partial charge in [-0.3, -0.25) is 0 Å². The van der Waals surface area contributed by atoms with E-state index in [1.54, 1.807) is 23.5 Å². The first-order valence-corrected chi connectivity index (χ1v) is 8.28. The number of hydrogen-bond acceptors (Lipinski definition) is 5. The molecule has 1 aromatic heterocycles. The molecule has 0 atom stereocenters. The van der Waals surface area contributed by atoms with Crippen molar-refractivity contribution in [3.05, 3.63) is 40.7 Å². The zero-order chi connectivity index (χ0) is 13.5. The highest BCUT2D eigenvalue weighted by molar-refractivity contribution is 7.98. The number of anilines is 1. The Kier molecular flexibility index (Phi) is 5.60. The van der Waals surface area contributed by atoms with E-state index in [0.29, 0.717) is 6.42 Å². The van der Waals surface area contributed by atoms with E-state index in [1.165, 1.54) is 12.1 Å². The van der Waals surface area contributed by atoms with Crippen LogP contribution in [0.4, 0.5) is 9.52 Å². The van der Waals surface area contributed by atoms with E-state index < -0.39 is 0 Å². The lowest BCUT2D eigenvalue weighted by Crippen LogP contribution is -2.01. The van der Waals surface area contributed by atoms with E-state index >= 15 is 0 Å². The molecule has 2 aromatic rings. The van der Waals surface area contributed by atoms with Crippen LogP contribution in [-0.2, 0) is 6.42 Å². The molecule has 0 aliphatic heterocycles. The Labute approximate surface area is 120 Å². The highest BCUT2D eigenvalue weighted by Gasteiger charge is 2.04. The van der Waals surface area contributed by atoms with Gasteiger partial charge in [-0.2, -0.15) is 11.8 Å². The number of aromatic nitrogens is 2. The zero-order valence-electron chi connectivity index (χ0n) is 10.7. The van der Waals surface area contributed by atoms with E-state index in [9.17, 15) is 4.39 Å². The molecule has 6 heteroatoms. The first-order chi connectivity index (χ1) is 9.28. The van der Waals surface area contributed by atoms with Crippen LogP contribution in [0.3, 0.4) is 0 Å². The SMILES string of the molecule is CSCCCNc1nnc(Cc2ccc(F)cc2)s1. The van der Waals surface area contributed by atoms with Crippen LogP contribution in [0.2, 0.25) is 0 Å². The van der Waals surface area contributed by atoms with Gasteiger partial charge in [0.1, 0.15) is 10.8 Å². The van der Waals surface area contributed by atoms with Crippen molar-refractivity contribution in [3.8, 4) is 0 Å². The fraction of sp³-hybridized carbons (Fsp3) is 0.385. The van der Waals surface area contributed by atoms with Crippen molar-refractivity contribution in [2.24, 2.45) is 0 Å². The van der Waals surface area contributed by atoms with Crippen molar-refractivity contribution >= 4 is 28.2 Å². The van der Waals surface area contributed by atoms with Crippen LogP contribution in [0.15, 0.2) is 24.3 Å². The number of thioether (sulfide) groups is 1. The molecule has 0 spiro atoms. The molecule has 19 heavy (non-hydrogen) atoms. The molecular weight excluding hydrogens is 281 g/mol. The molecule has 0 bridgehead atoms. The lowest BCUT2D eigenvalue weighted by atomic mass is 10.2. The Bertz CT molecular complexity index is 499. The van der Waals surface area contributed by atoms with Gasteiger partial charge in [0.25, 0.3) is 0 Å². The zero-order valence-corrected chi connectivity index (χ0v) is 12.4. The molecule has 1 N–H and O–H groups in total. The molecule has 0 aliphatic carbocycles. The van der Waals surface area contributed by atoms with Gasteiger partial charge in [-0.25, -0.2) is 4.39 Å². The maximum atomic E-state index is 12.8. The Morgan fingerprint density at radius 2 is 2.05 bits per heavy atom. The summed E-state index contributed by atoms with van der Waals surface area (Å²) in [5, 5.41) is 13.3. The second-order valence-corrected chi connectivity index (χ2v) is 6.12. The molecule has 1 heterocycles. The van der Waals surface area contributed by atoms with Crippen LogP contribution in [-0.4, -0.2) is 28.8 Å². The Balaban J connectivity index is 1.85. The van der Waals surface area contributed by atoms with Crippen LogP contribution >= 0.6 is 23.1 Å². The summed E-state index contributed by atoms with van der Waals surface area (Å²) in [6.45, 7) is 0.923.